The molecule has 1 aromatic carbocycles. The Morgan fingerprint density at radius 3 is 2.48 bits per heavy atom. The van der Waals surface area contributed by atoms with Gasteiger partial charge in [-0.3, -0.25) is 9.69 Å². The Morgan fingerprint density at radius 2 is 1.90 bits per heavy atom. The summed E-state index contributed by atoms with van der Waals surface area (Å²) in [6.45, 7) is 8.52. The zero-order chi connectivity index (χ0) is 15.6. The summed E-state index contributed by atoms with van der Waals surface area (Å²) in [5, 5.41) is 3.02. The van der Waals surface area contributed by atoms with Gasteiger partial charge in [-0.25, -0.2) is 0 Å². The molecule has 5 heteroatoms. The number of rotatable bonds is 3. The molecule has 3 nitrogen and oxygen atoms in total. The molecule has 0 aliphatic carbocycles. The largest absolute Gasteiger partial charge is 0.324 e. The topological polar surface area (TPSA) is 32.3 Å². The predicted molar refractivity (Wildman–Crippen MR) is 94.5 cm³/mol. The van der Waals surface area contributed by atoms with Crippen LogP contribution in [0.15, 0.2) is 27.1 Å². The summed E-state index contributed by atoms with van der Waals surface area (Å²) in [6.07, 6.45) is 1.25. The van der Waals surface area contributed by atoms with Crippen molar-refractivity contribution in [3.05, 3.63) is 27.1 Å². The maximum absolute atomic E-state index is 12.5. The van der Waals surface area contributed by atoms with Crippen molar-refractivity contribution in [3.8, 4) is 0 Å². The lowest BCUT2D eigenvalue weighted by molar-refractivity contribution is -0.121. The summed E-state index contributed by atoms with van der Waals surface area (Å²) in [4.78, 5) is 14.8. The van der Waals surface area contributed by atoms with Crippen LogP contribution in [0.4, 0.5) is 5.69 Å². The molecule has 1 heterocycles. The summed E-state index contributed by atoms with van der Waals surface area (Å²) in [7, 11) is 0. The van der Waals surface area contributed by atoms with Gasteiger partial charge in [-0.2, -0.15) is 0 Å². The first kappa shape index (κ1) is 17.0. The van der Waals surface area contributed by atoms with Crippen LogP contribution < -0.4 is 5.32 Å². The Balaban J connectivity index is 2.02. The first-order valence-electron chi connectivity index (χ1n) is 7.36. The molecule has 0 radical (unpaired) electrons. The number of hydrogen-bond donors (Lipinski definition) is 1. The van der Waals surface area contributed by atoms with Crippen LogP contribution in [-0.4, -0.2) is 29.9 Å². The van der Waals surface area contributed by atoms with E-state index in [2.05, 4.69) is 55.9 Å². The van der Waals surface area contributed by atoms with Gasteiger partial charge >= 0.3 is 0 Å². The second-order valence-electron chi connectivity index (χ2n) is 6.19. The highest BCUT2D eigenvalue weighted by atomic mass is 79.9. The highest BCUT2D eigenvalue weighted by Gasteiger charge is 2.28. The van der Waals surface area contributed by atoms with Gasteiger partial charge in [-0.15, -0.1) is 0 Å². The molecular formula is C16H22Br2N2O. The van der Waals surface area contributed by atoms with Crippen LogP contribution in [0.5, 0.6) is 0 Å². The van der Waals surface area contributed by atoms with E-state index in [1.807, 2.05) is 25.1 Å². The third-order valence-corrected chi connectivity index (χ3v) is 5.16. The molecule has 0 spiro atoms. The van der Waals surface area contributed by atoms with E-state index in [4.69, 9.17) is 0 Å². The Hall–Kier alpha value is -0.390. The molecule has 0 bridgehead atoms. The Bertz CT molecular complexity index is 511. The SMILES string of the molecule is CC1CC(C)CN(C(C)C(=O)Nc2ccc(Br)cc2Br)C1. The number of piperidine rings is 1. The van der Waals surface area contributed by atoms with E-state index in [-0.39, 0.29) is 11.9 Å². The summed E-state index contributed by atoms with van der Waals surface area (Å²) in [5.41, 5.74) is 0.813. The van der Waals surface area contributed by atoms with Gasteiger partial charge in [-0.1, -0.05) is 29.8 Å². The van der Waals surface area contributed by atoms with Crippen molar-refractivity contribution in [1.29, 1.82) is 0 Å². The fraction of sp³-hybridized carbons (Fsp3) is 0.562. The molecule has 3 unspecified atom stereocenters. The lowest BCUT2D eigenvalue weighted by Crippen LogP contribution is -2.48. The van der Waals surface area contributed by atoms with E-state index >= 15 is 0 Å². The first-order chi connectivity index (χ1) is 9.86. The van der Waals surface area contributed by atoms with Crippen LogP contribution in [0, 0.1) is 11.8 Å². The fourth-order valence-corrected chi connectivity index (χ4v) is 4.17. The van der Waals surface area contributed by atoms with Gasteiger partial charge in [-0.05, 0) is 59.3 Å². The highest BCUT2D eigenvalue weighted by molar-refractivity contribution is 9.11. The van der Waals surface area contributed by atoms with Crippen molar-refractivity contribution in [2.24, 2.45) is 11.8 Å². The number of benzene rings is 1. The van der Waals surface area contributed by atoms with Crippen molar-refractivity contribution < 1.29 is 4.79 Å². The number of halogens is 2. The number of hydrogen-bond acceptors (Lipinski definition) is 2. The summed E-state index contributed by atoms with van der Waals surface area (Å²) in [5.74, 6) is 1.37. The van der Waals surface area contributed by atoms with Gasteiger partial charge in [0, 0.05) is 22.0 Å². The molecule has 2 rings (SSSR count). The lowest BCUT2D eigenvalue weighted by atomic mass is 9.91. The molecule has 1 amide bonds. The summed E-state index contributed by atoms with van der Waals surface area (Å²) in [6, 6.07) is 5.66. The highest BCUT2D eigenvalue weighted by Crippen LogP contribution is 2.27. The van der Waals surface area contributed by atoms with Gasteiger partial charge < -0.3 is 5.32 Å². The summed E-state index contributed by atoms with van der Waals surface area (Å²) < 4.78 is 1.87. The van der Waals surface area contributed by atoms with E-state index in [1.165, 1.54) is 6.42 Å². The van der Waals surface area contributed by atoms with Crippen LogP contribution in [0.3, 0.4) is 0 Å². The number of nitrogens with one attached hydrogen (secondary N) is 1. The monoisotopic (exact) mass is 416 g/mol. The Labute approximate surface area is 143 Å². The van der Waals surface area contributed by atoms with E-state index in [0.717, 1.165) is 27.7 Å². The van der Waals surface area contributed by atoms with Crippen molar-refractivity contribution in [2.45, 2.75) is 33.2 Å². The first-order valence-corrected chi connectivity index (χ1v) is 8.95. The number of nitrogens with zero attached hydrogens (tertiary/aromatic N) is 1. The van der Waals surface area contributed by atoms with Crippen LogP contribution in [0.25, 0.3) is 0 Å². The number of amides is 1. The molecule has 3 atom stereocenters. The predicted octanol–water partition coefficient (Wildman–Crippen LogP) is 4.52. The minimum Gasteiger partial charge on any atom is -0.324 e. The second-order valence-corrected chi connectivity index (χ2v) is 7.96. The standard InChI is InChI=1S/C16H22Br2N2O/c1-10-6-11(2)9-20(8-10)12(3)16(21)19-15-5-4-13(17)7-14(15)18/h4-5,7,10-12H,6,8-9H2,1-3H3,(H,19,21). The molecule has 1 aromatic rings. The third kappa shape index (κ3) is 4.54. The number of carbonyl (C=O) groups excluding carboxylic acids is 1. The van der Waals surface area contributed by atoms with Gasteiger partial charge in [0.25, 0.3) is 0 Å². The molecule has 1 saturated heterocycles. The van der Waals surface area contributed by atoms with Crippen LogP contribution in [0.1, 0.15) is 27.2 Å². The maximum Gasteiger partial charge on any atom is 0.241 e. The van der Waals surface area contributed by atoms with E-state index in [1.54, 1.807) is 0 Å². The van der Waals surface area contributed by atoms with Gasteiger partial charge in [0.1, 0.15) is 0 Å². The zero-order valence-electron chi connectivity index (χ0n) is 12.7. The Kier molecular flexibility index (Phi) is 5.86. The quantitative estimate of drug-likeness (QED) is 0.784. The molecule has 1 aliphatic heterocycles. The molecule has 21 heavy (non-hydrogen) atoms. The summed E-state index contributed by atoms with van der Waals surface area (Å²) >= 11 is 6.90. The fourth-order valence-electron chi connectivity index (χ4n) is 3.02. The molecule has 116 valence electrons. The van der Waals surface area contributed by atoms with Crippen molar-refractivity contribution in [2.75, 3.05) is 18.4 Å². The average molecular weight is 418 g/mol. The molecular weight excluding hydrogens is 396 g/mol. The van der Waals surface area contributed by atoms with E-state index in [9.17, 15) is 4.79 Å². The van der Waals surface area contributed by atoms with Gasteiger partial charge in [0.15, 0.2) is 0 Å². The van der Waals surface area contributed by atoms with Crippen LogP contribution in [-0.2, 0) is 4.79 Å². The van der Waals surface area contributed by atoms with E-state index < -0.39 is 0 Å². The van der Waals surface area contributed by atoms with Crippen LogP contribution in [0.2, 0.25) is 0 Å². The zero-order valence-corrected chi connectivity index (χ0v) is 15.9. The molecule has 1 N–H and O–H groups in total. The second kappa shape index (κ2) is 7.25. The minimum absolute atomic E-state index is 0.0549. The number of carbonyl (C=O) groups is 1. The van der Waals surface area contributed by atoms with Gasteiger partial charge in [0.05, 0.1) is 11.7 Å². The number of anilines is 1. The molecule has 0 aromatic heterocycles. The molecule has 0 saturated carbocycles. The smallest absolute Gasteiger partial charge is 0.241 e. The number of likely N-dealkylation sites (tertiary alicyclic amines) is 1. The van der Waals surface area contributed by atoms with Crippen molar-refractivity contribution in [3.63, 3.8) is 0 Å². The Morgan fingerprint density at radius 1 is 1.29 bits per heavy atom. The third-order valence-electron chi connectivity index (χ3n) is 4.01. The van der Waals surface area contributed by atoms with Crippen LogP contribution >= 0.6 is 31.9 Å². The minimum atomic E-state index is -0.106. The lowest BCUT2D eigenvalue weighted by Gasteiger charge is -2.38. The average Bonchev–Trinajstić information content (AvgIpc) is 2.40. The molecule has 1 aliphatic rings. The maximum atomic E-state index is 12.5. The van der Waals surface area contributed by atoms with Crippen molar-refractivity contribution >= 4 is 43.5 Å². The van der Waals surface area contributed by atoms with Crippen molar-refractivity contribution in [1.82, 2.24) is 4.90 Å². The van der Waals surface area contributed by atoms with Gasteiger partial charge in [0.2, 0.25) is 5.91 Å². The van der Waals surface area contributed by atoms with E-state index in [0.29, 0.717) is 11.8 Å². The molecule has 1 fully saturated rings. The normalized spacial score (nSPS) is 24.6.